The zero-order valence-electron chi connectivity index (χ0n) is 9.40. The van der Waals surface area contributed by atoms with E-state index in [-0.39, 0.29) is 0 Å². The van der Waals surface area contributed by atoms with Gasteiger partial charge in [-0.3, -0.25) is 4.55 Å². The van der Waals surface area contributed by atoms with Crippen LogP contribution < -0.4 is 0 Å². The Morgan fingerprint density at radius 1 is 1.35 bits per heavy atom. The zero-order valence-corrected chi connectivity index (χ0v) is 9.22. The van der Waals surface area contributed by atoms with Crippen LogP contribution in [0.3, 0.4) is 0 Å². The Morgan fingerprint density at radius 3 is 2.71 bits per heavy atom. The van der Waals surface area contributed by atoms with E-state index in [2.05, 4.69) is 10.6 Å². The summed E-state index contributed by atoms with van der Waals surface area (Å²) in [4.78, 5) is -0.588. The maximum absolute atomic E-state index is 11.2. The highest BCUT2D eigenvalue weighted by Gasteiger charge is 2.21. The quantitative estimate of drug-likeness (QED) is 0.563. The maximum atomic E-state index is 11.2. The van der Waals surface area contributed by atoms with Crippen molar-refractivity contribution in [1.29, 1.82) is 5.52 Å². The summed E-state index contributed by atoms with van der Waals surface area (Å²) in [6.07, 6.45) is 0. The van der Waals surface area contributed by atoms with Crippen LogP contribution >= 0.6 is 0 Å². The maximum Gasteiger partial charge on any atom is 0.296 e. The summed E-state index contributed by atoms with van der Waals surface area (Å²) in [6, 6.07) is 7.60. The van der Waals surface area contributed by atoms with Crippen molar-refractivity contribution in [3.05, 3.63) is 30.3 Å². The fraction of sp³-hybridized carbons (Fsp3) is 0. The SMILES string of the molecule is [2H]N=Nc1c(S(=O)(=O)O)cc2ccccc2c1O. The number of phenolic OH excluding ortho intramolecular Hbond substituents is 1. The van der Waals surface area contributed by atoms with Gasteiger partial charge in [0.05, 0.1) is 0 Å². The van der Waals surface area contributed by atoms with E-state index in [1.165, 1.54) is 0 Å². The molecule has 0 saturated carbocycles. The van der Waals surface area contributed by atoms with Crippen molar-refractivity contribution in [2.24, 2.45) is 5.11 Å². The zero-order chi connectivity index (χ0) is 13.3. The highest BCUT2D eigenvalue weighted by atomic mass is 32.2. The molecule has 0 unspecified atom stereocenters. The van der Waals surface area contributed by atoms with E-state index in [1.54, 1.807) is 24.3 Å². The Kier molecular flexibility index (Phi) is 2.27. The van der Waals surface area contributed by atoms with E-state index < -0.39 is 26.5 Å². The molecule has 0 aliphatic heterocycles. The molecule has 0 radical (unpaired) electrons. The molecule has 0 aromatic heterocycles. The molecule has 2 aromatic carbocycles. The lowest BCUT2D eigenvalue weighted by Crippen LogP contribution is -1.98. The molecule has 0 atom stereocenters. The standard InChI is InChI=1S/C10H8N2O4S/c11-12-9-8(17(14,15)16)5-6-3-1-2-4-7(6)10(9)13/h1-5,11,13H,(H,14,15,16)/i/hD. The minimum atomic E-state index is -4.57. The predicted octanol–water partition coefficient (Wildman–Crippen LogP) is 2.45. The van der Waals surface area contributed by atoms with Crippen molar-refractivity contribution in [3.8, 4) is 5.75 Å². The van der Waals surface area contributed by atoms with Crippen LogP contribution in [0.1, 0.15) is 0 Å². The van der Waals surface area contributed by atoms with Gasteiger partial charge >= 0.3 is 0 Å². The topological polar surface area (TPSA) is 111 Å². The number of fused-ring (bicyclic) bond motifs is 1. The average Bonchev–Trinajstić information content (AvgIpc) is 2.31. The molecule has 2 aromatic rings. The normalized spacial score (nSPS) is 13.1. The second-order valence-corrected chi connectivity index (χ2v) is 4.76. The molecule has 17 heavy (non-hydrogen) atoms. The number of benzene rings is 2. The van der Waals surface area contributed by atoms with Gasteiger partial charge in [0.25, 0.3) is 10.1 Å². The summed E-state index contributed by atoms with van der Waals surface area (Å²) >= 11 is 0. The molecule has 3 N–H and O–H groups in total. The molecular weight excluding hydrogens is 244 g/mol. The number of nitrogens with one attached hydrogen (secondary N) is 1. The van der Waals surface area contributed by atoms with E-state index in [4.69, 9.17) is 5.96 Å². The molecule has 0 saturated heterocycles. The number of nitrogens with zero attached hydrogens (tertiary/aromatic N) is 1. The number of hydrogen-bond donors (Lipinski definition) is 3. The molecule has 6 nitrogen and oxygen atoms in total. The van der Waals surface area contributed by atoms with Gasteiger partial charge in [-0.05, 0) is 11.5 Å². The average molecular weight is 253 g/mol. The fourth-order valence-electron chi connectivity index (χ4n) is 1.59. The lowest BCUT2D eigenvalue weighted by Gasteiger charge is -2.07. The summed E-state index contributed by atoms with van der Waals surface area (Å²) < 4.78 is 38.1. The van der Waals surface area contributed by atoms with E-state index in [0.717, 1.165) is 6.07 Å². The van der Waals surface area contributed by atoms with E-state index in [1.807, 2.05) is 0 Å². The number of hydrogen-bond acceptors (Lipinski definition) is 5. The van der Waals surface area contributed by atoms with Gasteiger partial charge < -0.3 is 5.11 Å². The molecule has 0 aliphatic carbocycles. The smallest absolute Gasteiger partial charge is 0.296 e. The summed E-state index contributed by atoms with van der Waals surface area (Å²) in [5.74, 6) is -0.447. The van der Waals surface area contributed by atoms with Gasteiger partial charge in [0.2, 0.25) is 1.41 Å². The van der Waals surface area contributed by atoms with Crippen LogP contribution in [0.2, 0.25) is 1.41 Å². The van der Waals surface area contributed by atoms with Gasteiger partial charge in [-0.1, -0.05) is 24.3 Å². The Labute approximate surface area is 98.2 Å². The van der Waals surface area contributed by atoms with Crippen LogP contribution in [0.25, 0.3) is 10.8 Å². The molecule has 88 valence electrons. The number of rotatable bonds is 2. The molecule has 2 rings (SSSR count). The van der Waals surface area contributed by atoms with Crippen molar-refractivity contribution in [2.45, 2.75) is 4.90 Å². The third kappa shape index (κ3) is 1.85. The Balaban J connectivity index is 2.97. The fourth-order valence-corrected chi connectivity index (χ4v) is 2.24. The monoisotopic (exact) mass is 253 g/mol. The Bertz CT molecular complexity index is 743. The first kappa shape index (κ1) is 10.2. The van der Waals surface area contributed by atoms with Crippen molar-refractivity contribution in [1.82, 2.24) is 0 Å². The van der Waals surface area contributed by atoms with Crippen molar-refractivity contribution in [3.63, 3.8) is 0 Å². The van der Waals surface area contributed by atoms with Gasteiger partial charge in [0, 0.05) is 5.39 Å². The third-order valence-corrected chi connectivity index (χ3v) is 3.21. The summed E-state index contributed by atoms with van der Waals surface area (Å²) in [7, 11) is -4.57. The first-order chi connectivity index (χ1) is 8.45. The minimum absolute atomic E-state index is 0.354. The van der Waals surface area contributed by atoms with E-state index >= 15 is 0 Å². The van der Waals surface area contributed by atoms with E-state index in [9.17, 15) is 13.5 Å². The summed E-state index contributed by atoms with van der Waals surface area (Å²) in [6.45, 7) is 0. The first-order valence-corrected chi connectivity index (χ1v) is 5.96. The molecule has 0 aliphatic rings. The van der Waals surface area contributed by atoms with Gasteiger partial charge in [0.15, 0.2) is 5.75 Å². The minimum Gasteiger partial charge on any atom is -0.505 e. The number of phenols is 1. The molecule has 0 bridgehead atoms. The Morgan fingerprint density at radius 2 is 2.06 bits per heavy atom. The largest absolute Gasteiger partial charge is 0.505 e. The molecule has 0 amide bonds. The van der Waals surface area contributed by atoms with Crippen LogP contribution in [0.4, 0.5) is 5.69 Å². The predicted molar refractivity (Wildman–Crippen MR) is 60.2 cm³/mol. The highest BCUT2D eigenvalue weighted by molar-refractivity contribution is 7.86. The van der Waals surface area contributed by atoms with Gasteiger partial charge in [-0.25, -0.2) is 5.52 Å². The van der Waals surface area contributed by atoms with Crippen LogP contribution in [0.5, 0.6) is 5.75 Å². The Hall–Kier alpha value is -1.99. The number of aromatic hydroxyl groups is 1. The van der Waals surface area contributed by atoms with Gasteiger partial charge in [-0.2, -0.15) is 13.5 Å². The molecule has 0 heterocycles. The first-order valence-electron chi connectivity index (χ1n) is 4.97. The van der Waals surface area contributed by atoms with Gasteiger partial charge in [0.1, 0.15) is 10.6 Å². The highest BCUT2D eigenvalue weighted by Crippen LogP contribution is 2.40. The molecular formula is C10H8N2O4S. The van der Waals surface area contributed by atoms with Crippen LogP contribution in [-0.2, 0) is 10.1 Å². The molecule has 0 spiro atoms. The second kappa shape index (κ2) is 3.79. The van der Waals surface area contributed by atoms with Crippen molar-refractivity contribution >= 4 is 26.6 Å². The second-order valence-electron chi connectivity index (χ2n) is 3.37. The third-order valence-electron chi connectivity index (χ3n) is 2.34. The van der Waals surface area contributed by atoms with Crippen LogP contribution in [0, 0.1) is 5.52 Å². The summed E-state index contributed by atoms with van der Waals surface area (Å²) in [5.41, 5.74) is 2.23. The summed E-state index contributed by atoms with van der Waals surface area (Å²) in [5, 5.41) is 13.9. The van der Waals surface area contributed by atoms with Crippen molar-refractivity contribution in [2.75, 3.05) is 0 Å². The van der Waals surface area contributed by atoms with Gasteiger partial charge in [-0.15, -0.1) is 0 Å². The lowest BCUT2D eigenvalue weighted by atomic mass is 10.1. The lowest BCUT2D eigenvalue weighted by molar-refractivity contribution is 0.471. The van der Waals surface area contributed by atoms with Crippen LogP contribution in [-0.4, -0.2) is 18.1 Å². The van der Waals surface area contributed by atoms with E-state index in [0.29, 0.717) is 10.8 Å². The molecule has 0 fully saturated rings. The van der Waals surface area contributed by atoms with Crippen LogP contribution in [0.15, 0.2) is 40.3 Å². The molecule has 7 heteroatoms. The van der Waals surface area contributed by atoms with Crippen molar-refractivity contribution < 1.29 is 19.5 Å².